The van der Waals surface area contributed by atoms with Crippen LogP contribution in [0, 0.1) is 6.92 Å². The number of nitrogens with zero attached hydrogens (tertiary/aromatic N) is 5. The summed E-state index contributed by atoms with van der Waals surface area (Å²) in [5.41, 5.74) is 2.30. The van der Waals surface area contributed by atoms with Gasteiger partial charge in [0.05, 0.1) is 11.9 Å². The van der Waals surface area contributed by atoms with Crippen LogP contribution in [0.15, 0.2) is 41.9 Å². The van der Waals surface area contributed by atoms with Crippen LogP contribution in [-0.2, 0) is 30.7 Å². The largest absolute Gasteiger partial charge is 0.337 e. The van der Waals surface area contributed by atoms with Gasteiger partial charge in [-0.3, -0.25) is 9.67 Å². The minimum Gasteiger partial charge on any atom is -0.337 e. The first-order valence-corrected chi connectivity index (χ1v) is 8.77. The van der Waals surface area contributed by atoms with E-state index >= 15 is 0 Å². The topological polar surface area (TPSA) is 94.7 Å². The smallest absolute Gasteiger partial charge is 0.259 e. The third kappa shape index (κ3) is 3.22. The van der Waals surface area contributed by atoms with E-state index in [1.54, 1.807) is 41.7 Å². The zero-order valence-corrected chi connectivity index (χ0v) is 14.4. The molecular formula is C15H18N6O2S. The second kappa shape index (κ2) is 6.17. The highest BCUT2D eigenvalue weighted by Gasteiger charge is 2.19. The van der Waals surface area contributed by atoms with Crippen molar-refractivity contribution in [2.45, 2.75) is 18.5 Å². The molecule has 0 bridgehead atoms. The van der Waals surface area contributed by atoms with E-state index in [-0.39, 0.29) is 11.6 Å². The number of aryl methyl sites for hydroxylation is 3. The molecule has 0 aliphatic rings. The van der Waals surface area contributed by atoms with Crippen molar-refractivity contribution < 1.29 is 8.42 Å². The fraction of sp³-hybridized carbons (Fsp3) is 0.267. The van der Waals surface area contributed by atoms with Gasteiger partial charge in [-0.1, -0.05) is 6.07 Å². The molecule has 0 fully saturated rings. The Morgan fingerprint density at radius 1 is 1.25 bits per heavy atom. The van der Waals surface area contributed by atoms with Crippen molar-refractivity contribution in [2.24, 2.45) is 14.1 Å². The highest BCUT2D eigenvalue weighted by Crippen LogP contribution is 2.20. The first-order valence-electron chi connectivity index (χ1n) is 7.29. The van der Waals surface area contributed by atoms with Crippen molar-refractivity contribution in [1.29, 1.82) is 0 Å². The standard InChI is InChI=1S/C15H18N6O2S/c1-11-19-14(10-20(11)2)24(22,23)18-8-12-5-4-6-16-15(12)13-7-17-21(3)9-13/h4-7,9-10,18H,8H2,1-3H3. The number of nitrogens with one attached hydrogen (secondary N) is 1. The lowest BCUT2D eigenvalue weighted by atomic mass is 10.1. The lowest BCUT2D eigenvalue weighted by Gasteiger charge is -2.08. The maximum absolute atomic E-state index is 12.4. The Bertz CT molecular complexity index is 954. The molecule has 0 radical (unpaired) electrons. The van der Waals surface area contributed by atoms with Gasteiger partial charge < -0.3 is 4.57 Å². The first kappa shape index (κ1) is 16.3. The Kier molecular flexibility index (Phi) is 4.20. The van der Waals surface area contributed by atoms with Crippen LogP contribution >= 0.6 is 0 Å². The molecule has 0 aliphatic heterocycles. The highest BCUT2D eigenvalue weighted by molar-refractivity contribution is 7.89. The molecule has 3 aromatic heterocycles. The van der Waals surface area contributed by atoms with Gasteiger partial charge >= 0.3 is 0 Å². The Balaban J connectivity index is 1.85. The van der Waals surface area contributed by atoms with Gasteiger partial charge in [0.1, 0.15) is 5.82 Å². The summed E-state index contributed by atoms with van der Waals surface area (Å²) in [6.45, 7) is 1.87. The summed E-state index contributed by atoms with van der Waals surface area (Å²) in [7, 11) is -0.114. The Labute approximate surface area is 140 Å². The SMILES string of the molecule is Cc1nc(S(=O)(=O)NCc2cccnc2-c2cnn(C)c2)cn1C. The van der Waals surface area contributed by atoms with Gasteiger partial charge in [0.25, 0.3) is 10.0 Å². The number of aromatic nitrogens is 5. The van der Waals surface area contributed by atoms with Crippen LogP contribution in [-0.4, -0.2) is 32.7 Å². The molecule has 0 amide bonds. The minimum absolute atomic E-state index is 0.00863. The molecule has 3 heterocycles. The summed E-state index contributed by atoms with van der Waals surface area (Å²) in [5, 5.41) is 4.14. The predicted octanol–water partition coefficient (Wildman–Crippen LogP) is 1.00. The van der Waals surface area contributed by atoms with Crippen molar-refractivity contribution in [3.05, 3.63) is 48.3 Å². The second-order valence-corrected chi connectivity index (χ2v) is 7.19. The van der Waals surface area contributed by atoms with Crippen LogP contribution in [0.5, 0.6) is 0 Å². The summed E-state index contributed by atoms with van der Waals surface area (Å²) >= 11 is 0. The van der Waals surface area contributed by atoms with Crippen LogP contribution in [0.25, 0.3) is 11.3 Å². The molecule has 0 aliphatic carbocycles. The summed E-state index contributed by atoms with van der Waals surface area (Å²) < 4.78 is 30.7. The van der Waals surface area contributed by atoms with Gasteiger partial charge in [-0.2, -0.15) is 5.10 Å². The molecule has 3 aromatic rings. The Hall–Kier alpha value is -2.52. The molecule has 0 unspecified atom stereocenters. The van der Waals surface area contributed by atoms with Crippen molar-refractivity contribution >= 4 is 10.0 Å². The molecule has 24 heavy (non-hydrogen) atoms. The van der Waals surface area contributed by atoms with Gasteiger partial charge in [0.15, 0.2) is 5.03 Å². The van der Waals surface area contributed by atoms with E-state index in [0.29, 0.717) is 11.5 Å². The third-order valence-electron chi connectivity index (χ3n) is 3.68. The van der Waals surface area contributed by atoms with Crippen LogP contribution in [0.3, 0.4) is 0 Å². The normalized spacial score (nSPS) is 11.8. The summed E-state index contributed by atoms with van der Waals surface area (Å²) in [6, 6.07) is 3.61. The van der Waals surface area contributed by atoms with Gasteiger partial charge in [0.2, 0.25) is 0 Å². The van der Waals surface area contributed by atoms with Crippen LogP contribution in [0.2, 0.25) is 0 Å². The molecule has 1 N–H and O–H groups in total. The highest BCUT2D eigenvalue weighted by atomic mass is 32.2. The minimum atomic E-state index is -3.68. The van der Waals surface area contributed by atoms with Crippen LogP contribution in [0.4, 0.5) is 0 Å². The lowest BCUT2D eigenvalue weighted by molar-refractivity contribution is 0.578. The number of imidazole rings is 1. The Morgan fingerprint density at radius 2 is 2.04 bits per heavy atom. The molecule has 0 saturated heterocycles. The van der Waals surface area contributed by atoms with Gasteiger partial charge in [-0.15, -0.1) is 0 Å². The van der Waals surface area contributed by atoms with Crippen LogP contribution < -0.4 is 4.72 Å². The third-order valence-corrected chi connectivity index (χ3v) is 4.96. The number of pyridine rings is 1. The Morgan fingerprint density at radius 3 is 2.67 bits per heavy atom. The maximum atomic E-state index is 12.4. The molecule has 0 aromatic carbocycles. The number of rotatable bonds is 5. The maximum Gasteiger partial charge on any atom is 0.259 e. The molecule has 126 valence electrons. The van der Waals surface area contributed by atoms with Crippen molar-refractivity contribution in [2.75, 3.05) is 0 Å². The second-order valence-electron chi connectivity index (χ2n) is 5.48. The van der Waals surface area contributed by atoms with E-state index < -0.39 is 10.0 Å². The van der Waals surface area contributed by atoms with Crippen LogP contribution in [0.1, 0.15) is 11.4 Å². The average molecular weight is 346 g/mol. The van der Waals surface area contributed by atoms with E-state index in [9.17, 15) is 8.42 Å². The number of hydrogen-bond acceptors (Lipinski definition) is 5. The van der Waals surface area contributed by atoms with Gasteiger partial charge in [-0.25, -0.2) is 18.1 Å². The van der Waals surface area contributed by atoms with E-state index in [2.05, 4.69) is 19.8 Å². The fourth-order valence-electron chi connectivity index (χ4n) is 2.29. The first-order chi connectivity index (χ1) is 11.4. The predicted molar refractivity (Wildman–Crippen MR) is 88.4 cm³/mol. The van der Waals surface area contributed by atoms with E-state index in [0.717, 1.165) is 11.1 Å². The molecule has 0 saturated carbocycles. The van der Waals surface area contributed by atoms with E-state index in [1.165, 1.54) is 6.20 Å². The molecular weight excluding hydrogens is 328 g/mol. The lowest BCUT2D eigenvalue weighted by Crippen LogP contribution is -2.24. The van der Waals surface area contributed by atoms with E-state index in [1.807, 2.05) is 19.3 Å². The summed E-state index contributed by atoms with van der Waals surface area (Å²) in [6.07, 6.45) is 6.69. The molecule has 3 rings (SSSR count). The fourth-order valence-corrected chi connectivity index (χ4v) is 3.33. The van der Waals surface area contributed by atoms with Crippen molar-refractivity contribution in [3.8, 4) is 11.3 Å². The summed E-state index contributed by atoms with van der Waals surface area (Å²) in [5.74, 6) is 0.632. The number of hydrogen-bond donors (Lipinski definition) is 1. The zero-order chi connectivity index (χ0) is 17.3. The number of sulfonamides is 1. The molecule has 0 spiro atoms. The monoisotopic (exact) mass is 346 g/mol. The molecule has 0 atom stereocenters. The molecule has 8 nitrogen and oxygen atoms in total. The summed E-state index contributed by atoms with van der Waals surface area (Å²) in [4.78, 5) is 8.41. The zero-order valence-electron chi connectivity index (χ0n) is 13.6. The average Bonchev–Trinajstić information content (AvgIpc) is 3.12. The van der Waals surface area contributed by atoms with Gasteiger partial charge in [-0.05, 0) is 18.6 Å². The molecule has 9 heteroatoms. The van der Waals surface area contributed by atoms with Crippen molar-refractivity contribution in [1.82, 2.24) is 29.0 Å². The van der Waals surface area contributed by atoms with Gasteiger partial charge in [0, 0.05) is 44.8 Å². The van der Waals surface area contributed by atoms with Crippen molar-refractivity contribution in [3.63, 3.8) is 0 Å². The van der Waals surface area contributed by atoms with E-state index in [4.69, 9.17) is 0 Å². The quantitative estimate of drug-likeness (QED) is 0.744.